The van der Waals surface area contributed by atoms with Gasteiger partial charge in [0.1, 0.15) is 4.34 Å². The molecule has 1 aromatic rings. The minimum absolute atomic E-state index is 0.801. The van der Waals surface area contributed by atoms with Crippen molar-refractivity contribution in [1.82, 2.24) is 15.6 Å². The molecule has 0 unspecified atom stereocenters. The van der Waals surface area contributed by atoms with E-state index >= 15 is 0 Å². The molecule has 0 fully saturated rings. The molecule has 0 saturated carbocycles. The third-order valence-corrected chi connectivity index (χ3v) is 4.74. The van der Waals surface area contributed by atoms with Crippen LogP contribution < -0.4 is 10.6 Å². The van der Waals surface area contributed by atoms with Crippen molar-refractivity contribution in [1.29, 1.82) is 0 Å². The van der Waals surface area contributed by atoms with Gasteiger partial charge >= 0.3 is 0 Å². The maximum absolute atomic E-state index is 5.31. The SMILES string of the molecule is CCOCCCCNC(=NC)NCCCSc1nccs1. The predicted molar refractivity (Wildman–Crippen MR) is 92.5 cm³/mol. The molecule has 0 bridgehead atoms. The number of hydrogen-bond donors (Lipinski definition) is 2. The molecule has 0 aliphatic rings. The van der Waals surface area contributed by atoms with E-state index in [1.165, 1.54) is 0 Å². The highest BCUT2D eigenvalue weighted by Gasteiger charge is 1.98. The molecule has 0 atom stereocenters. The fourth-order valence-electron chi connectivity index (χ4n) is 1.62. The molecule has 0 saturated heterocycles. The van der Waals surface area contributed by atoms with Crippen molar-refractivity contribution in [2.75, 3.05) is 39.1 Å². The Morgan fingerprint density at radius 1 is 1.33 bits per heavy atom. The highest BCUT2D eigenvalue weighted by molar-refractivity contribution is 8.00. The maximum atomic E-state index is 5.31. The van der Waals surface area contributed by atoms with Crippen molar-refractivity contribution in [3.05, 3.63) is 11.6 Å². The third kappa shape index (κ3) is 9.71. The number of aromatic nitrogens is 1. The van der Waals surface area contributed by atoms with Crippen LogP contribution in [0.4, 0.5) is 0 Å². The van der Waals surface area contributed by atoms with E-state index in [2.05, 4.69) is 20.6 Å². The van der Waals surface area contributed by atoms with Gasteiger partial charge in [-0.1, -0.05) is 11.8 Å². The van der Waals surface area contributed by atoms with Crippen LogP contribution in [0.15, 0.2) is 20.9 Å². The zero-order chi connectivity index (χ0) is 15.2. The minimum atomic E-state index is 0.801. The molecule has 21 heavy (non-hydrogen) atoms. The summed E-state index contributed by atoms with van der Waals surface area (Å²) < 4.78 is 6.45. The predicted octanol–water partition coefficient (Wildman–Crippen LogP) is 2.61. The number of ether oxygens (including phenoxy) is 1. The molecule has 0 aliphatic heterocycles. The largest absolute Gasteiger partial charge is 0.382 e. The second-order valence-electron chi connectivity index (χ2n) is 4.33. The summed E-state index contributed by atoms with van der Waals surface area (Å²) in [6.07, 6.45) is 5.13. The Morgan fingerprint density at radius 2 is 2.14 bits per heavy atom. The van der Waals surface area contributed by atoms with Gasteiger partial charge in [-0.15, -0.1) is 11.3 Å². The maximum Gasteiger partial charge on any atom is 0.190 e. The van der Waals surface area contributed by atoms with E-state index in [1.807, 2.05) is 30.3 Å². The third-order valence-electron chi connectivity index (χ3n) is 2.68. The van der Waals surface area contributed by atoms with Gasteiger partial charge in [0.05, 0.1) is 0 Å². The highest BCUT2D eigenvalue weighted by atomic mass is 32.2. The van der Waals surface area contributed by atoms with Gasteiger partial charge in [-0.2, -0.15) is 0 Å². The first kappa shape index (κ1) is 18.3. The molecule has 1 aromatic heterocycles. The number of aliphatic imine (C=N–C) groups is 1. The van der Waals surface area contributed by atoms with Crippen LogP contribution in [-0.4, -0.2) is 50.0 Å². The van der Waals surface area contributed by atoms with Crippen LogP contribution in [0, 0.1) is 0 Å². The van der Waals surface area contributed by atoms with E-state index in [0.717, 1.165) is 61.6 Å². The van der Waals surface area contributed by atoms with Gasteiger partial charge in [-0.25, -0.2) is 4.98 Å². The Hall–Kier alpha value is -0.790. The molecule has 0 aromatic carbocycles. The van der Waals surface area contributed by atoms with Gasteiger partial charge in [0.15, 0.2) is 5.96 Å². The number of rotatable bonds is 11. The summed E-state index contributed by atoms with van der Waals surface area (Å²) in [5.41, 5.74) is 0. The van der Waals surface area contributed by atoms with E-state index in [1.54, 1.807) is 18.4 Å². The Bertz CT molecular complexity index is 371. The number of unbranched alkanes of at least 4 members (excludes halogenated alkanes) is 1. The van der Waals surface area contributed by atoms with Crippen LogP contribution in [0.2, 0.25) is 0 Å². The zero-order valence-corrected chi connectivity index (χ0v) is 14.6. The Morgan fingerprint density at radius 3 is 2.81 bits per heavy atom. The Balaban J connectivity index is 1.95. The normalized spacial score (nSPS) is 11.6. The fourth-order valence-corrected chi connectivity index (χ4v) is 3.27. The summed E-state index contributed by atoms with van der Waals surface area (Å²) in [7, 11) is 1.81. The smallest absolute Gasteiger partial charge is 0.190 e. The molecule has 0 aliphatic carbocycles. The summed E-state index contributed by atoms with van der Waals surface area (Å²) >= 11 is 3.50. The highest BCUT2D eigenvalue weighted by Crippen LogP contribution is 2.20. The Kier molecular flexibility index (Phi) is 11.2. The number of guanidine groups is 1. The lowest BCUT2D eigenvalue weighted by Gasteiger charge is -2.11. The second kappa shape index (κ2) is 12.9. The summed E-state index contributed by atoms with van der Waals surface area (Å²) in [5.74, 6) is 1.96. The number of nitrogens with one attached hydrogen (secondary N) is 2. The van der Waals surface area contributed by atoms with Gasteiger partial charge in [0.25, 0.3) is 0 Å². The monoisotopic (exact) mass is 330 g/mol. The first-order valence-corrected chi connectivity index (χ1v) is 9.28. The quantitative estimate of drug-likeness (QED) is 0.283. The first-order chi connectivity index (χ1) is 10.4. The molecule has 0 radical (unpaired) electrons. The van der Waals surface area contributed by atoms with E-state index in [4.69, 9.17) is 4.74 Å². The van der Waals surface area contributed by atoms with Crippen LogP contribution in [0.1, 0.15) is 26.2 Å². The average Bonchev–Trinajstić information content (AvgIpc) is 3.01. The molecule has 2 N–H and O–H groups in total. The van der Waals surface area contributed by atoms with Gasteiger partial charge in [0.2, 0.25) is 0 Å². The molecule has 120 valence electrons. The molecule has 7 heteroatoms. The molecular weight excluding hydrogens is 304 g/mol. The zero-order valence-electron chi connectivity index (χ0n) is 12.9. The van der Waals surface area contributed by atoms with Crippen molar-refractivity contribution in [3.8, 4) is 0 Å². The molecule has 1 rings (SSSR count). The Labute approximate surface area is 136 Å². The van der Waals surface area contributed by atoms with Gasteiger partial charge in [0, 0.05) is 50.7 Å². The molecular formula is C14H26N4OS2. The van der Waals surface area contributed by atoms with Crippen molar-refractivity contribution < 1.29 is 4.74 Å². The lowest BCUT2D eigenvalue weighted by Crippen LogP contribution is -2.38. The van der Waals surface area contributed by atoms with Crippen LogP contribution in [0.25, 0.3) is 0 Å². The second-order valence-corrected chi connectivity index (χ2v) is 6.57. The van der Waals surface area contributed by atoms with E-state index in [9.17, 15) is 0 Å². The fraction of sp³-hybridized carbons (Fsp3) is 0.714. The molecule has 1 heterocycles. The summed E-state index contributed by atoms with van der Waals surface area (Å²) in [6, 6.07) is 0. The van der Waals surface area contributed by atoms with Gasteiger partial charge < -0.3 is 15.4 Å². The summed E-state index contributed by atoms with van der Waals surface area (Å²) in [6.45, 7) is 5.53. The summed E-state index contributed by atoms with van der Waals surface area (Å²) in [4.78, 5) is 8.47. The van der Waals surface area contributed by atoms with Crippen LogP contribution in [0.3, 0.4) is 0 Å². The van der Waals surface area contributed by atoms with Crippen molar-refractivity contribution in [3.63, 3.8) is 0 Å². The first-order valence-electron chi connectivity index (χ1n) is 7.41. The van der Waals surface area contributed by atoms with Crippen LogP contribution >= 0.6 is 23.1 Å². The minimum Gasteiger partial charge on any atom is -0.382 e. The number of thiazole rings is 1. The van der Waals surface area contributed by atoms with E-state index in [-0.39, 0.29) is 0 Å². The topological polar surface area (TPSA) is 58.5 Å². The standard InChI is InChI=1S/C14H26N4OS2/c1-3-19-10-5-4-7-16-13(15-2)17-8-6-11-20-14-18-9-12-21-14/h9,12H,3-8,10-11H2,1-2H3,(H2,15,16,17). The number of hydrogen-bond acceptors (Lipinski definition) is 5. The van der Waals surface area contributed by atoms with Crippen molar-refractivity contribution >= 4 is 29.1 Å². The molecule has 5 nitrogen and oxygen atoms in total. The van der Waals surface area contributed by atoms with Crippen molar-refractivity contribution in [2.45, 2.75) is 30.5 Å². The lowest BCUT2D eigenvalue weighted by molar-refractivity contribution is 0.143. The van der Waals surface area contributed by atoms with Crippen molar-refractivity contribution in [2.24, 2.45) is 4.99 Å². The molecule has 0 spiro atoms. The van der Waals surface area contributed by atoms with Gasteiger partial charge in [-0.05, 0) is 26.2 Å². The van der Waals surface area contributed by atoms with Crippen LogP contribution in [-0.2, 0) is 4.74 Å². The number of nitrogens with zero attached hydrogens (tertiary/aromatic N) is 2. The van der Waals surface area contributed by atoms with Gasteiger partial charge in [-0.3, -0.25) is 4.99 Å². The number of thioether (sulfide) groups is 1. The van der Waals surface area contributed by atoms with E-state index < -0.39 is 0 Å². The van der Waals surface area contributed by atoms with E-state index in [0.29, 0.717) is 0 Å². The average molecular weight is 331 g/mol. The summed E-state index contributed by atoms with van der Waals surface area (Å²) in [5, 5.41) is 8.66. The lowest BCUT2D eigenvalue weighted by atomic mass is 10.3. The molecule has 0 amide bonds. The van der Waals surface area contributed by atoms with Crippen LogP contribution in [0.5, 0.6) is 0 Å².